The van der Waals surface area contributed by atoms with Crippen molar-refractivity contribution in [2.75, 3.05) is 17.2 Å². The van der Waals surface area contributed by atoms with Gasteiger partial charge in [0, 0.05) is 34.2 Å². The zero-order chi connectivity index (χ0) is 41.6. The molecule has 5 heterocycles. The van der Waals surface area contributed by atoms with Gasteiger partial charge in [-0.1, -0.05) is 5.16 Å². The van der Waals surface area contributed by atoms with E-state index in [2.05, 4.69) is 30.5 Å². The summed E-state index contributed by atoms with van der Waals surface area (Å²) >= 11 is 3.32. The first-order valence-electron chi connectivity index (χ1n) is 16.4. The van der Waals surface area contributed by atoms with Crippen LogP contribution in [0, 0.1) is 12.7 Å². The van der Waals surface area contributed by atoms with Crippen molar-refractivity contribution in [3.05, 3.63) is 81.6 Å². The number of carboxylic acids is 1. The van der Waals surface area contributed by atoms with Crippen LogP contribution >= 0.6 is 34.9 Å². The van der Waals surface area contributed by atoms with Gasteiger partial charge in [-0.15, -0.1) is 40.0 Å². The number of sulfone groups is 1. The summed E-state index contributed by atoms with van der Waals surface area (Å²) in [6.07, 6.45) is 0. The molecule has 2 aromatic carbocycles. The molecule has 59 heavy (non-hydrogen) atoms. The molecule has 304 valence electrons. The van der Waals surface area contributed by atoms with Crippen molar-refractivity contribution in [1.29, 1.82) is 0 Å². The molecule has 2 atom stereocenters. The summed E-state index contributed by atoms with van der Waals surface area (Å²) in [7, 11) is -4.06. The SMILES string of the molecule is Cc1cc(SCC2=C(C(=O)O)N3C(=O)[C@@H](NC(=O)/C(=N\OCc4ccc(O)c(O)c4F)c4csc(N)n4)[C@H]3SC2)n2nc(CS(=O)(=O)c3ccc(O)c(O)c3)nc2n1.[H-].[Na+]. The third kappa shape index (κ3) is 8.76. The van der Waals surface area contributed by atoms with E-state index >= 15 is 0 Å². The maximum atomic E-state index is 14.4. The summed E-state index contributed by atoms with van der Waals surface area (Å²) in [5.74, 6) is -7.50. The van der Waals surface area contributed by atoms with Gasteiger partial charge in [-0.25, -0.2) is 27.6 Å². The molecule has 0 unspecified atom stereocenters. The number of hydrogen-bond acceptors (Lipinski definition) is 19. The Hall–Kier alpha value is -5.18. The number of aromatic nitrogens is 5. The largest absolute Gasteiger partial charge is 1.00 e. The van der Waals surface area contributed by atoms with Crippen LogP contribution in [0.5, 0.6) is 23.0 Å². The van der Waals surface area contributed by atoms with Crippen LogP contribution in [0.1, 0.15) is 24.2 Å². The Balaban J connectivity index is 0.00000341. The van der Waals surface area contributed by atoms with Gasteiger partial charge in [-0.2, -0.15) is 9.50 Å². The van der Waals surface area contributed by atoms with Crippen LogP contribution in [0.2, 0.25) is 0 Å². The Morgan fingerprint density at radius 2 is 1.86 bits per heavy atom. The molecule has 0 saturated carbocycles. The maximum absolute atomic E-state index is 14.4. The number of carbonyl (C=O) groups excluding carboxylic acids is 2. The number of aryl methyl sites for hydroxylation is 1. The average Bonchev–Trinajstić information content (AvgIpc) is 3.79. The summed E-state index contributed by atoms with van der Waals surface area (Å²) < 4.78 is 41.8. The molecule has 26 heteroatoms. The molecule has 1 fully saturated rings. The predicted molar refractivity (Wildman–Crippen MR) is 205 cm³/mol. The topological polar surface area (TPSA) is 305 Å². The van der Waals surface area contributed by atoms with Gasteiger partial charge in [-0.05, 0) is 42.8 Å². The van der Waals surface area contributed by atoms with Crippen LogP contribution in [0.4, 0.5) is 9.52 Å². The minimum Gasteiger partial charge on any atom is -1.00 e. The molecule has 2 amide bonds. The Kier molecular flexibility index (Phi) is 12.6. The third-order valence-corrected chi connectivity index (χ3v) is 13.2. The number of nitrogens with two attached hydrogens (primary N) is 1. The van der Waals surface area contributed by atoms with Crippen LogP contribution in [-0.4, -0.2) is 110 Å². The number of aliphatic carboxylic acids is 1. The molecule has 7 rings (SSSR count). The summed E-state index contributed by atoms with van der Waals surface area (Å²) in [4.78, 5) is 58.2. The van der Waals surface area contributed by atoms with E-state index in [0.717, 1.165) is 58.3 Å². The Bertz CT molecular complexity index is 2720. The van der Waals surface area contributed by atoms with E-state index in [1.165, 1.54) is 21.7 Å². The smallest absolute Gasteiger partial charge is 1.00 e. The number of aromatic hydroxyl groups is 4. The summed E-state index contributed by atoms with van der Waals surface area (Å²) in [6, 6.07) is 5.71. The number of thioether (sulfide) groups is 2. The number of thiazole rings is 1. The number of carboxylic acid groups (broad SMARTS) is 1. The molecule has 2 aliphatic rings. The first-order valence-corrected chi connectivity index (χ1v) is 21.0. The van der Waals surface area contributed by atoms with E-state index in [9.17, 15) is 52.7 Å². The monoisotopic (exact) mass is 897 g/mol. The molecule has 0 spiro atoms. The Morgan fingerprint density at radius 1 is 1.12 bits per heavy atom. The van der Waals surface area contributed by atoms with Crippen LogP contribution in [-0.2, 0) is 41.4 Å². The predicted octanol–water partition coefficient (Wildman–Crippen LogP) is -1.02. The fourth-order valence-corrected chi connectivity index (χ4v) is 10.0. The zero-order valence-electron chi connectivity index (χ0n) is 31.4. The van der Waals surface area contributed by atoms with Crippen molar-refractivity contribution in [2.24, 2.45) is 5.16 Å². The third-order valence-electron chi connectivity index (χ3n) is 8.54. The molecular formula is C33H29FN9NaO11S4. The van der Waals surface area contributed by atoms with E-state index in [0.29, 0.717) is 16.3 Å². The van der Waals surface area contributed by atoms with Crippen LogP contribution in [0.3, 0.4) is 0 Å². The van der Waals surface area contributed by atoms with E-state index in [4.69, 9.17) is 10.6 Å². The first kappa shape index (κ1) is 43.4. The van der Waals surface area contributed by atoms with Crippen molar-refractivity contribution >= 4 is 79.1 Å². The molecule has 20 nitrogen and oxygen atoms in total. The molecule has 2 aliphatic heterocycles. The zero-order valence-corrected chi connectivity index (χ0v) is 35.7. The number of nitrogens with one attached hydrogen (secondary N) is 1. The van der Waals surface area contributed by atoms with Crippen molar-refractivity contribution in [2.45, 2.75) is 40.6 Å². The van der Waals surface area contributed by atoms with Gasteiger partial charge >= 0.3 is 35.5 Å². The van der Waals surface area contributed by atoms with Gasteiger partial charge < -0.3 is 42.8 Å². The molecular weight excluding hydrogens is 869 g/mol. The quantitative estimate of drug-likeness (QED) is 0.0141. The van der Waals surface area contributed by atoms with Crippen molar-refractivity contribution in [1.82, 2.24) is 34.8 Å². The van der Waals surface area contributed by atoms with Gasteiger partial charge in [0.15, 0.2) is 55.3 Å². The number of halogens is 1. The molecule has 0 aliphatic carbocycles. The molecule has 3 aromatic heterocycles. The number of rotatable bonds is 13. The fourth-order valence-electron chi connectivity index (χ4n) is 5.75. The van der Waals surface area contributed by atoms with E-state index in [1.54, 1.807) is 13.0 Å². The van der Waals surface area contributed by atoms with Crippen LogP contribution in [0.25, 0.3) is 5.78 Å². The van der Waals surface area contributed by atoms with Gasteiger partial charge in [0.1, 0.15) is 40.2 Å². The standard InChI is InChI=1S/C33H28FN9O11S4.Na.H/c1-13-6-22(43-33(36-13)38-21(40-43)12-58(52,53)16-3-5-18(44)20(46)7-16)55-9-15-10-56-30-25(29(49)42(30)26(15)31(50)51)39-28(48)24(17-11-57-32(35)37-17)41-54-8-14-2-4-19(45)27(47)23(14)34;;/h2-7,11,25,30,44-47H,8-10,12H2,1H3,(H2,35,37)(H,39,48)(H,50,51);;/q;+1;-1/b41-24-;;/t25-,30-;;/m1../s1. The second-order valence-corrected chi connectivity index (χ2v) is 17.5. The van der Waals surface area contributed by atoms with Gasteiger partial charge in [0.2, 0.25) is 0 Å². The molecule has 5 aromatic rings. The number of hydrogen-bond donors (Lipinski definition) is 7. The van der Waals surface area contributed by atoms with Gasteiger partial charge in [0.05, 0.1) is 4.90 Å². The Labute approximate surface area is 367 Å². The second kappa shape index (κ2) is 17.2. The number of phenolic OH excluding ortho intramolecular Hbond substituents is 4. The minimum absolute atomic E-state index is 0. The van der Waals surface area contributed by atoms with E-state index < -0.39 is 85.9 Å². The summed E-state index contributed by atoms with van der Waals surface area (Å²) in [5.41, 5.74) is 5.69. The summed E-state index contributed by atoms with van der Waals surface area (Å²) in [6.45, 7) is 1.10. The molecule has 0 bridgehead atoms. The molecule has 1 saturated heterocycles. The first-order chi connectivity index (χ1) is 27.5. The number of amides is 2. The van der Waals surface area contributed by atoms with E-state index in [1.807, 2.05) is 0 Å². The number of anilines is 1. The summed E-state index contributed by atoms with van der Waals surface area (Å²) in [5, 5.41) is 60.5. The average molecular weight is 898 g/mol. The van der Waals surface area contributed by atoms with E-state index in [-0.39, 0.29) is 81.1 Å². The fraction of sp³-hybridized carbons (Fsp3) is 0.212. The maximum Gasteiger partial charge on any atom is 1.00 e. The number of carbonyl (C=O) groups is 3. The van der Waals surface area contributed by atoms with Crippen LogP contribution < -0.4 is 40.6 Å². The normalized spacial score (nSPS) is 16.7. The number of nitrogens with zero attached hydrogens (tertiary/aromatic N) is 7. The molecule has 0 radical (unpaired) electrons. The molecule has 8 N–H and O–H groups in total. The van der Waals surface area contributed by atoms with Gasteiger partial charge in [-0.3, -0.25) is 14.5 Å². The number of phenols is 4. The Morgan fingerprint density at radius 3 is 2.56 bits per heavy atom. The van der Waals surface area contributed by atoms with Crippen molar-refractivity contribution in [3.63, 3.8) is 0 Å². The number of fused-ring (bicyclic) bond motifs is 2. The number of oxime groups is 1. The van der Waals surface area contributed by atoms with Crippen molar-refractivity contribution < 1.29 is 88.5 Å². The minimum atomic E-state index is -4.06. The second-order valence-electron chi connectivity index (χ2n) is 12.5. The van der Waals surface area contributed by atoms with Crippen LogP contribution in [0.15, 0.2) is 68.1 Å². The number of benzene rings is 2. The van der Waals surface area contributed by atoms with Crippen molar-refractivity contribution in [3.8, 4) is 23.0 Å². The number of β-lactam (4-membered cyclic amide) rings is 1. The van der Waals surface area contributed by atoms with Gasteiger partial charge in [0.25, 0.3) is 17.6 Å². The number of nitrogen functional groups attached to an aromatic ring is 1.